The first-order valence-corrected chi connectivity index (χ1v) is 9.46. The lowest BCUT2D eigenvalue weighted by Gasteiger charge is -2.45. The minimum atomic E-state index is -2.39. The Morgan fingerprint density at radius 2 is 1.86 bits per heavy atom. The number of esters is 2. The smallest absolute Gasteiger partial charge is 0.348 e. The van der Waals surface area contributed by atoms with E-state index in [1.54, 1.807) is 34.6 Å². The van der Waals surface area contributed by atoms with Crippen molar-refractivity contribution in [2.24, 2.45) is 5.41 Å². The van der Waals surface area contributed by atoms with Gasteiger partial charge in [0.2, 0.25) is 5.60 Å². The van der Waals surface area contributed by atoms with Gasteiger partial charge in [-0.2, -0.15) is 0 Å². The molecule has 0 aromatic heterocycles. The molecule has 154 valence electrons. The van der Waals surface area contributed by atoms with Gasteiger partial charge in [0.15, 0.2) is 0 Å². The molecule has 1 saturated heterocycles. The predicted octanol–water partition coefficient (Wildman–Crippen LogP) is 2.06. The summed E-state index contributed by atoms with van der Waals surface area (Å²) in [5.74, 6) is -2.24. The summed E-state index contributed by atoms with van der Waals surface area (Å²) in [5.41, 5.74) is -2.31. The zero-order chi connectivity index (χ0) is 21.1. The van der Waals surface area contributed by atoms with Crippen LogP contribution in [-0.4, -0.2) is 52.2 Å². The molecule has 0 saturated carbocycles. The van der Waals surface area contributed by atoms with Gasteiger partial charge in [0.25, 0.3) is 5.91 Å². The van der Waals surface area contributed by atoms with Crippen LogP contribution in [0.5, 0.6) is 0 Å². The molecule has 1 aliphatic heterocycles. The van der Waals surface area contributed by atoms with Crippen LogP contribution >= 0.6 is 0 Å². The molecule has 1 aliphatic rings. The van der Waals surface area contributed by atoms with E-state index in [-0.39, 0.29) is 19.6 Å². The van der Waals surface area contributed by atoms with E-state index < -0.39 is 41.0 Å². The van der Waals surface area contributed by atoms with Crippen LogP contribution in [0, 0.1) is 5.41 Å². The third-order valence-corrected chi connectivity index (χ3v) is 4.82. The lowest BCUT2D eigenvalue weighted by atomic mass is 9.85. The highest BCUT2D eigenvalue weighted by molar-refractivity contribution is 6.06. The lowest BCUT2D eigenvalue weighted by Crippen LogP contribution is -2.66. The van der Waals surface area contributed by atoms with Gasteiger partial charge in [0.1, 0.15) is 6.10 Å². The molecule has 1 amide bonds. The second kappa shape index (κ2) is 8.31. The fraction of sp³-hybridized carbons (Fsp3) is 0.571. The molecular weight excluding hydrogens is 362 g/mol. The van der Waals surface area contributed by atoms with Gasteiger partial charge in [0.05, 0.1) is 18.1 Å². The first-order chi connectivity index (χ1) is 13.0. The molecule has 2 rings (SSSR count). The number of likely N-dealkylation sites (tertiary alicyclic amines) is 1. The van der Waals surface area contributed by atoms with Crippen LogP contribution < -0.4 is 0 Å². The molecule has 0 spiro atoms. The quantitative estimate of drug-likeness (QED) is 0.610. The highest BCUT2D eigenvalue weighted by Crippen LogP contribution is 2.33. The Morgan fingerprint density at radius 1 is 1.25 bits per heavy atom. The van der Waals surface area contributed by atoms with E-state index in [0.29, 0.717) is 0 Å². The summed E-state index contributed by atoms with van der Waals surface area (Å²) >= 11 is 0. The van der Waals surface area contributed by atoms with E-state index in [1.807, 2.05) is 30.3 Å². The molecule has 28 heavy (non-hydrogen) atoms. The first-order valence-electron chi connectivity index (χ1n) is 9.46. The second-order valence-electron chi connectivity index (χ2n) is 8.14. The number of benzene rings is 1. The van der Waals surface area contributed by atoms with Crippen LogP contribution in [0.2, 0.25) is 0 Å². The van der Waals surface area contributed by atoms with Crippen molar-refractivity contribution in [3.63, 3.8) is 0 Å². The van der Waals surface area contributed by atoms with E-state index >= 15 is 0 Å². The first kappa shape index (κ1) is 21.9. The van der Waals surface area contributed by atoms with Crippen molar-refractivity contribution in [1.29, 1.82) is 0 Å². The maximum Gasteiger partial charge on any atom is 0.348 e. The fourth-order valence-corrected chi connectivity index (χ4v) is 3.04. The van der Waals surface area contributed by atoms with Crippen LogP contribution in [0.15, 0.2) is 30.3 Å². The molecule has 7 nitrogen and oxygen atoms in total. The number of amides is 1. The molecule has 0 unspecified atom stereocenters. The molecule has 1 aromatic carbocycles. The van der Waals surface area contributed by atoms with Crippen molar-refractivity contribution >= 4 is 17.8 Å². The normalized spacial score (nSPS) is 25.4. The number of hydrogen-bond donors (Lipinski definition) is 1. The van der Waals surface area contributed by atoms with Crippen LogP contribution in [0.3, 0.4) is 0 Å². The SMILES string of the molecule is CCOC(=O)[C@@]1(O)C[C@@H](OC(=O)C(C)(C)C)[C@H](C)N(Cc2ccccc2)C1=O. The predicted molar refractivity (Wildman–Crippen MR) is 102 cm³/mol. The van der Waals surface area contributed by atoms with Gasteiger partial charge in [-0.15, -0.1) is 0 Å². The Kier molecular flexibility index (Phi) is 6.49. The number of carbonyl (C=O) groups is 3. The Labute approximate surface area is 165 Å². The van der Waals surface area contributed by atoms with Crippen molar-refractivity contribution in [3.05, 3.63) is 35.9 Å². The zero-order valence-corrected chi connectivity index (χ0v) is 17.1. The monoisotopic (exact) mass is 391 g/mol. The number of hydrogen-bond acceptors (Lipinski definition) is 6. The van der Waals surface area contributed by atoms with Crippen molar-refractivity contribution in [2.75, 3.05) is 6.61 Å². The summed E-state index contributed by atoms with van der Waals surface area (Å²) in [6.45, 7) is 8.68. The standard InChI is InChI=1S/C21H29NO6/c1-6-27-19(25)21(26)12-16(28-18(24)20(3,4)5)14(2)22(17(21)23)13-15-10-8-7-9-11-15/h7-11,14,16,26H,6,12-13H2,1-5H3/t14-,16+,21+/m0/s1. The highest BCUT2D eigenvalue weighted by Gasteiger charge is 2.56. The number of piperidine rings is 1. The summed E-state index contributed by atoms with van der Waals surface area (Å²) < 4.78 is 10.5. The van der Waals surface area contributed by atoms with E-state index in [9.17, 15) is 19.5 Å². The summed E-state index contributed by atoms with van der Waals surface area (Å²) in [5, 5.41) is 10.9. The van der Waals surface area contributed by atoms with Crippen LogP contribution in [0.1, 0.15) is 46.6 Å². The van der Waals surface area contributed by atoms with E-state index in [4.69, 9.17) is 9.47 Å². The zero-order valence-electron chi connectivity index (χ0n) is 17.1. The van der Waals surface area contributed by atoms with E-state index in [0.717, 1.165) is 5.56 Å². The number of carbonyl (C=O) groups excluding carboxylic acids is 3. The van der Waals surface area contributed by atoms with Gasteiger partial charge in [-0.05, 0) is 40.2 Å². The van der Waals surface area contributed by atoms with E-state index in [2.05, 4.69) is 0 Å². The molecular formula is C21H29NO6. The van der Waals surface area contributed by atoms with Crippen LogP contribution in [0.25, 0.3) is 0 Å². The number of aliphatic hydroxyl groups is 1. The molecule has 1 heterocycles. The number of nitrogens with zero attached hydrogens (tertiary/aromatic N) is 1. The van der Waals surface area contributed by atoms with Gasteiger partial charge in [-0.1, -0.05) is 30.3 Å². The van der Waals surface area contributed by atoms with E-state index in [1.165, 1.54) is 4.90 Å². The average molecular weight is 391 g/mol. The maximum atomic E-state index is 13.0. The Morgan fingerprint density at radius 3 is 2.39 bits per heavy atom. The van der Waals surface area contributed by atoms with Gasteiger partial charge in [-0.3, -0.25) is 9.59 Å². The summed E-state index contributed by atoms with van der Waals surface area (Å²) in [4.78, 5) is 39.2. The molecule has 0 bridgehead atoms. The Bertz CT molecular complexity index is 726. The number of ether oxygens (including phenoxy) is 2. The molecule has 1 aromatic rings. The summed E-state index contributed by atoms with van der Waals surface area (Å²) in [6.07, 6.45) is -1.18. The van der Waals surface area contributed by atoms with Crippen LogP contribution in [-0.2, 0) is 30.4 Å². The third kappa shape index (κ3) is 4.52. The molecule has 7 heteroatoms. The fourth-order valence-electron chi connectivity index (χ4n) is 3.04. The topological polar surface area (TPSA) is 93.1 Å². The van der Waals surface area contributed by atoms with Crippen molar-refractivity contribution in [2.45, 2.75) is 65.3 Å². The average Bonchev–Trinajstić information content (AvgIpc) is 2.63. The van der Waals surface area contributed by atoms with Gasteiger partial charge >= 0.3 is 11.9 Å². The Hall–Kier alpha value is -2.41. The van der Waals surface area contributed by atoms with Crippen molar-refractivity contribution < 1.29 is 29.0 Å². The van der Waals surface area contributed by atoms with Gasteiger partial charge in [-0.25, -0.2) is 4.79 Å². The minimum absolute atomic E-state index is 0.0229. The largest absolute Gasteiger partial charge is 0.463 e. The van der Waals surface area contributed by atoms with Crippen molar-refractivity contribution in [1.82, 2.24) is 4.90 Å². The van der Waals surface area contributed by atoms with Gasteiger partial charge < -0.3 is 19.5 Å². The van der Waals surface area contributed by atoms with Gasteiger partial charge in [0, 0.05) is 13.0 Å². The molecule has 1 N–H and O–H groups in total. The lowest BCUT2D eigenvalue weighted by molar-refractivity contribution is -0.198. The van der Waals surface area contributed by atoms with Crippen LogP contribution in [0.4, 0.5) is 0 Å². The number of rotatable bonds is 5. The highest BCUT2D eigenvalue weighted by atomic mass is 16.6. The second-order valence-corrected chi connectivity index (χ2v) is 8.14. The van der Waals surface area contributed by atoms with Crippen molar-refractivity contribution in [3.8, 4) is 0 Å². The molecule has 0 aliphatic carbocycles. The Balaban J connectivity index is 2.37. The minimum Gasteiger partial charge on any atom is -0.463 e. The molecule has 0 radical (unpaired) electrons. The molecule has 1 fully saturated rings. The molecule has 3 atom stereocenters. The maximum absolute atomic E-state index is 13.0. The third-order valence-electron chi connectivity index (χ3n) is 4.82. The summed E-state index contributed by atoms with van der Waals surface area (Å²) in [7, 11) is 0. The summed E-state index contributed by atoms with van der Waals surface area (Å²) in [6, 6.07) is 8.69.